The normalized spacial score (nSPS) is 15.7. The monoisotopic (exact) mass is 438 g/mol. The standard InChI is InChI=1S/C23H22N2O3S2/c1-16-14-18-15-19(30(27,28)24-20-10-6-7-11-22(20)29-2)12-13-21(18)25(16)23(26)17-8-4-3-5-9-17/h3-13,15-16,24H,14H2,1-2H3. The highest BCUT2D eigenvalue weighted by molar-refractivity contribution is 7.99. The molecule has 0 aromatic heterocycles. The van der Waals surface area contributed by atoms with Crippen molar-refractivity contribution in [3.8, 4) is 0 Å². The third-order valence-corrected chi connectivity index (χ3v) is 7.33. The molecule has 0 radical (unpaired) electrons. The second-order valence-electron chi connectivity index (χ2n) is 7.19. The molecule has 1 aliphatic heterocycles. The van der Waals surface area contributed by atoms with Crippen molar-refractivity contribution in [2.24, 2.45) is 0 Å². The summed E-state index contributed by atoms with van der Waals surface area (Å²) in [7, 11) is -3.74. The Bertz CT molecular complexity index is 1190. The quantitative estimate of drug-likeness (QED) is 0.581. The summed E-state index contributed by atoms with van der Waals surface area (Å²) < 4.78 is 28.7. The molecule has 1 unspecified atom stereocenters. The molecule has 1 amide bonds. The molecule has 3 aromatic carbocycles. The number of para-hydroxylation sites is 1. The topological polar surface area (TPSA) is 66.5 Å². The molecular weight excluding hydrogens is 416 g/mol. The van der Waals surface area contributed by atoms with Crippen LogP contribution in [0.4, 0.5) is 11.4 Å². The highest BCUT2D eigenvalue weighted by Gasteiger charge is 2.32. The van der Waals surface area contributed by atoms with Crippen molar-refractivity contribution >= 4 is 39.1 Å². The number of sulfonamides is 1. The van der Waals surface area contributed by atoms with E-state index in [1.807, 2.05) is 43.5 Å². The van der Waals surface area contributed by atoms with E-state index in [0.717, 1.165) is 16.1 Å². The zero-order valence-electron chi connectivity index (χ0n) is 16.7. The lowest BCUT2D eigenvalue weighted by Gasteiger charge is -2.23. The second-order valence-corrected chi connectivity index (χ2v) is 9.72. The SMILES string of the molecule is CSc1ccccc1NS(=O)(=O)c1ccc2c(c1)CC(C)N2C(=O)c1ccccc1. The minimum absolute atomic E-state index is 0.0455. The molecule has 30 heavy (non-hydrogen) atoms. The first kappa shape index (κ1) is 20.5. The second kappa shape index (κ2) is 8.16. The summed E-state index contributed by atoms with van der Waals surface area (Å²) in [5, 5.41) is 0. The average molecular weight is 439 g/mol. The predicted octanol–water partition coefficient (Wildman–Crippen LogP) is 4.80. The van der Waals surface area contributed by atoms with Gasteiger partial charge < -0.3 is 4.90 Å². The number of carbonyl (C=O) groups excluding carboxylic acids is 1. The smallest absolute Gasteiger partial charge is 0.261 e. The van der Waals surface area contributed by atoms with Gasteiger partial charge in [0.2, 0.25) is 0 Å². The lowest BCUT2D eigenvalue weighted by atomic mass is 10.1. The van der Waals surface area contributed by atoms with Crippen LogP contribution in [0.3, 0.4) is 0 Å². The van der Waals surface area contributed by atoms with Crippen molar-refractivity contribution in [3.05, 3.63) is 83.9 Å². The molecule has 0 bridgehead atoms. The first-order valence-electron chi connectivity index (χ1n) is 9.58. The first-order chi connectivity index (χ1) is 14.4. The number of carbonyl (C=O) groups is 1. The van der Waals surface area contributed by atoms with Gasteiger partial charge in [-0.1, -0.05) is 30.3 Å². The molecule has 0 spiro atoms. The number of rotatable bonds is 5. The maximum Gasteiger partial charge on any atom is 0.261 e. The fourth-order valence-corrected chi connectivity index (χ4v) is 5.48. The van der Waals surface area contributed by atoms with E-state index in [9.17, 15) is 13.2 Å². The Hall–Kier alpha value is -2.77. The van der Waals surface area contributed by atoms with E-state index in [4.69, 9.17) is 0 Å². The lowest BCUT2D eigenvalue weighted by Crippen LogP contribution is -2.35. The van der Waals surface area contributed by atoms with Crippen LogP contribution in [-0.4, -0.2) is 26.6 Å². The molecule has 1 atom stereocenters. The summed E-state index contributed by atoms with van der Waals surface area (Å²) in [5.41, 5.74) is 2.79. The molecular formula is C23H22N2O3S2. The lowest BCUT2D eigenvalue weighted by molar-refractivity contribution is 0.0981. The van der Waals surface area contributed by atoms with Gasteiger partial charge in [0.1, 0.15) is 0 Å². The zero-order chi connectivity index (χ0) is 21.3. The molecule has 1 N–H and O–H groups in total. The Labute approximate surface area is 181 Å². The number of anilines is 2. The molecule has 3 aromatic rings. The predicted molar refractivity (Wildman–Crippen MR) is 122 cm³/mol. The Morgan fingerprint density at radius 1 is 1.03 bits per heavy atom. The third kappa shape index (κ3) is 3.82. The molecule has 0 saturated carbocycles. The van der Waals surface area contributed by atoms with Crippen LogP contribution in [0.25, 0.3) is 0 Å². The van der Waals surface area contributed by atoms with E-state index in [1.54, 1.807) is 47.4 Å². The summed E-state index contributed by atoms with van der Waals surface area (Å²) in [6.45, 7) is 1.97. The summed E-state index contributed by atoms with van der Waals surface area (Å²) in [6.07, 6.45) is 2.51. The molecule has 4 rings (SSSR count). The van der Waals surface area contributed by atoms with Gasteiger partial charge in [-0.25, -0.2) is 8.42 Å². The molecule has 5 nitrogen and oxygen atoms in total. The van der Waals surface area contributed by atoms with E-state index in [1.165, 1.54) is 11.8 Å². The van der Waals surface area contributed by atoms with Crippen molar-refractivity contribution < 1.29 is 13.2 Å². The van der Waals surface area contributed by atoms with Gasteiger partial charge in [-0.2, -0.15) is 0 Å². The van der Waals surface area contributed by atoms with Crippen molar-refractivity contribution in [2.75, 3.05) is 15.9 Å². The van der Waals surface area contributed by atoms with Crippen LogP contribution < -0.4 is 9.62 Å². The first-order valence-corrected chi connectivity index (χ1v) is 12.3. The molecule has 0 fully saturated rings. The molecule has 154 valence electrons. The summed E-state index contributed by atoms with van der Waals surface area (Å²) in [4.78, 5) is 15.8. The van der Waals surface area contributed by atoms with Gasteiger partial charge in [0.05, 0.1) is 10.6 Å². The van der Waals surface area contributed by atoms with Crippen LogP contribution in [0.5, 0.6) is 0 Å². The van der Waals surface area contributed by atoms with Gasteiger partial charge in [0, 0.05) is 22.2 Å². The van der Waals surface area contributed by atoms with Crippen LogP contribution >= 0.6 is 11.8 Å². The Morgan fingerprint density at radius 3 is 2.47 bits per heavy atom. The number of hydrogen-bond acceptors (Lipinski definition) is 4. The van der Waals surface area contributed by atoms with Crippen LogP contribution in [0.1, 0.15) is 22.8 Å². The van der Waals surface area contributed by atoms with E-state index >= 15 is 0 Å². The number of fused-ring (bicyclic) bond motifs is 1. The number of amides is 1. The minimum Gasteiger partial charge on any atom is -0.305 e. The van der Waals surface area contributed by atoms with Crippen molar-refractivity contribution in [1.82, 2.24) is 0 Å². The van der Waals surface area contributed by atoms with E-state index in [0.29, 0.717) is 17.7 Å². The van der Waals surface area contributed by atoms with Crippen LogP contribution in [-0.2, 0) is 16.4 Å². The molecule has 1 heterocycles. The van der Waals surface area contributed by atoms with Crippen molar-refractivity contribution in [1.29, 1.82) is 0 Å². The van der Waals surface area contributed by atoms with Gasteiger partial charge >= 0.3 is 0 Å². The van der Waals surface area contributed by atoms with Crippen LogP contribution in [0.2, 0.25) is 0 Å². The summed E-state index contributed by atoms with van der Waals surface area (Å²) in [6, 6.07) is 21.3. The Balaban J connectivity index is 1.65. The van der Waals surface area contributed by atoms with Crippen molar-refractivity contribution in [2.45, 2.75) is 29.2 Å². The largest absolute Gasteiger partial charge is 0.305 e. The van der Waals surface area contributed by atoms with Crippen LogP contribution in [0.15, 0.2) is 82.6 Å². The van der Waals surface area contributed by atoms with E-state index in [2.05, 4.69) is 4.72 Å². The molecule has 0 saturated heterocycles. The van der Waals surface area contributed by atoms with Gasteiger partial charge in [-0.3, -0.25) is 9.52 Å². The number of nitrogens with one attached hydrogen (secondary N) is 1. The maximum absolute atomic E-state index is 13.0. The fourth-order valence-electron chi connectivity index (χ4n) is 3.74. The molecule has 7 heteroatoms. The fraction of sp³-hybridized carbons (Fsp3) is 0.174. The van der Waals surface area contributed by atoms with Gasteiger partial charge in [0.15, 0.2) is 0 Å². The average Bonchev–Trinajstić information content (AvgIpc) is 3.09. The third-order valence-electron chi connectivity index (χ3n) is 5.17. The number of nitrogens with zero attached hydrogens (tertiary/aromatic N) is 1. The maximum atomic E-state index is 13.0. The number of benzene rings is 3. The summed E-state index contributed by atoms with van der Waals surface area (Å²) >= 11 is 1.48. The Kier molecular flexibility index (Phi) is 5.58. The van der Waals surface area contributed by atoms with E-state index in [-0.39, 0.29) is 16.8 Å². The zero-order valence-corrected chi connectivity index (χ0v) is 18.3. The van der Waals surface area contributed by atoms with Gasteiger partial charge in [-0.15, -0.1) is 11.8 Å². The highest BCUT2D eigenvalue weighted by atomic mass is 32.2. The van der Waals surface area contributed by atoms with Crippen LogP contribution in [0, 0.1) is 0 Å². The Morgan fingerprint density at radius 2 is 1.73 bits per heavy atom. The summed E-state index contributed by atoms with van der Waals surface area (Å²) in [5.74, 6) is -0.0792. The number of hydrogen-bond donors (Lipinski definition) is 1. The highest BCUT2D eigenvalue weighted by Crippen LogP contribution is 2.35. The van der Waals surface area contributed by atoms with Crippen molar-refractivity contribution in [3.63, 3.8) is 0 Å². The van der Waals surface area contributed by atoms with Gasteiger partial charge in [-0.05, 0) is 67.6 Å². The van der Waals surface area contributed by atoms with E-state index < -0.39 is 10.0 Å². The van der Waals surface area contributed by atoms with Gasteiger partial charge in [0.25, 0.3) is 15.9 Å². The molecule has 0 aliphatic carbocycles. The number of thioether (sulfide) groups is 1. The molecule has 1 aliphatic rings. The minimum atomic E-state index is -3.74.